The van der Waals surface area contributed by atoms with Gasteiger partial charge in [0.2, 0.25) is 0 Å². The number of hydrogen-bond donors (Lipinski definition) is 1. The third-order valence-electron chi connectivity index (χ3n) is 5.10. The maximum atomic E-state index is 11.1. The van der Waals surface area contributed by atoms with Gasteiger partial charge in [-0.2, -0.15) is 0 Å². The highest BCUT2D eigenvalue weighted by Gasteiger charge is 2.11. The summed E-state index contributed by atoms with van der Waals surface area (Å²) in [4.78, 5) is 15.1. The first-order valence-electron chi connectivity index (χ1n) is 10.2. The Morgan fingerprint density at radius 2 is 1.65 bits per heavy atom. The Morgan fingerprint density at radius 1 is 0.903 bits per heavy atom. The van der Waals surface area contributed by atoms with Crippen LogP contribution in [0.4, 0.5) is 0 Å². The summed E-state index contributed by atoms with van der Waals surface area (Å²) in [6.07, 6.45) is 8.29. The molecule has 31 heavy (non-hydrogen) atoms. The number of carbonyl (C=O) groups is 1. The van der Waals surface area contributed by atoms with Gasteiger partial charge in [0, 0.05) is 43.3 Å². The van der Waals surface area contributed by atoms with E-state index < -0.39 is 5.97 Å². The second-order valence-electron chi connectivity index (χ2n) is 7.42. The van der Waals surface area contributed by atoms with Crippen molar-refractivity contribution in [2.75, 3.05) is 0 Å². The maximum Gasteiger partial charge on any atom is 0.303 e. The summed E-state index contributed by atoms with van der Waals surface area (Å²) in [5, 5.41) is 9.10. The molecule has 2 aromatic heterocycles. The number of hydrogen-bond acceptors (Lipinski definition) is 3. The lowest BCUT2D eigenvalue weighted by Crippen LogP contribution is -1.99. The first-order valence-corrected chi connectivity index (χ1v) is 10.2. The number of benzene rings is 2. The lowest BCUT2D eigenvalue weighted by atomic mass is 10.0. The monoisotopic (exact) mass is 412 g/mol. The Labute approximate surface area is 181 Å². The van der Waals surface area contributed by atoms with Gasteiger partial charge in [-0.3, -0.25) is 9.78 Å². The first-order chi connectivity index (χ1) is 15.2. The van der Waals surface area contributed by atoms with Gasteiger partial charge in [-0.05, 0) is 52.9 Å². The van der Waals surface area contributed by atoms with Crippen molar-refractivity contribution in [1.82, 2.24) is 9.55 Å². The highest BCUT2D eigenvalue weighted by molar-refractivity contribution is 5.70. The summed E-state index contributed by atoms with van der Waals surface area (Å²) >= 11 is 0. The maximum absolute atomic E-state index is 11.1. The van der Waals surface area contributed by atoms with Crippen molar-refractivity contribution in [3.63, 3.8) is 0 Å². The number of carboxylic acid groups (broad SMARTS) is 1. The molecule has 0 aliphatic carbocycles. The zero-order valence-electron chi connectivity index (χ0n) is 17.1. The molecule has 0 bridgehead atoms. The highest BCUT2D eigenvalue weighted by atomic mass is 16.5. The highest BCUT2D eigenvalue weighted by Crippen LogP contribution is 2.26. The van der Waals surface area contributed by atoms with Gasteiger partial charge in [0.05, 0.1) is 0 Å². The van der Waals surface area contributed by atoms with Crippen molar-refractivity contribution in [3.05, 3.63) is 108 Å². The average molecular weight is 412 g/mol. The van der Waals surface area contributed by atoms with Crippen molar-refractivity contribution in [1.29, 1.82) is 0 Å². The van der Waals surface area contributed by atoms with Crippen LogP contribution in [-0.2, 0) is 24.4 Å². The fraction of sp³-hybridized carbons (Fsp3) is 0.154. The van der Waals surface area contributed by atoms with Gasteiger partial charge >= 0.3 is 5.97 Å². The van der Waals surface area contributed by atoms with Gasteiger partial charge in [0.25, 0.3) is 0 Å². The van der Waals surface area contributed by atoms with Crippen LogP contribution >= 0.6 is 0 Å². The SMILES string of the molecule is O=C(O)CCc1cn(Cc2ccc(OCc3ccncc3)cc2)cc1-c1ccccc1. The number of ether oxygens (including phenoxy) is 1. The topological polar surface area (TPSA) is 64.3 Å². The second-order valence-corrected chi connectivity index (χ2v) is 7.42. The minimum absolute atomic E-state index is 0.118. The molecule has 0 saturated carbocycles. The van der Waals surface area contributed by atoms with Gasteiger partial charge in [-0.1, -0.05) is 42.5 Å². The van der Waals surface area contributed by atoms with E-state index in [9.17, 15) is 4.79 Å². The molecule has 0 radical (unpaired) electrons. The van der Waals surface area contributed by atoms with Crippen LogP contribution in [0.1, 0.15) is 23.1 Å². The van der Waals surface area contributed by atoms with Crippen LogP contribution in [0.3, 0.4) is 0 Å². The lowest BCUT2D eigenvalue weighted by molar-refractivity contribution is -0.136. The van der Waals surface area contributed by atoms with Crippen LogP contribution < -0.4 is 4.74 Å². The standard InChI is InChI=1S/C26H24N2O3/c29-26(30)11-8-23-17-28(18-25(23)22-4-2-1-3-5-22)16-20-6-9-24(10-7-20)31-19-21-12-14-27-15-13-21/h1-7,9-10,12-15,17-18H,8,11,16,19H2,(H,29,30). The van der Waals surface area contributed by atoms with E-state index in [1.807, 2.05) is 42.5 Å². The van der Waals surface area contributed by atoms with Crippen LogP contribution in [0.25, 0.3) is 11.1 Å². The van der Waals surface area contributed by atoms with Gasteiger partial charge < -0.3 is 14.4 Å². The van der Waals surface area contributed by atoms with E-state index in [0.717, 1.165) is 33.6 Å². The number of aromatic nitrogens is 2. The number of rotatable bonds is 9. The molecule has 156 valence electrons. The molecule has 0 aliphatic rings. The van der Waals surface area contributed by atoms with Gasteiger partial charge in [0.15, 0.2) is 0 Å². The van der Waals surface area contributed by atoms with Crippen LogP contribution in [0.2, 0.25) is 0 Å². The minimum Gasteiger partial charge on any atom is -0.489 e. The Balaban J connectivity index is 1.46. The molecule has 0 aliphatic heterocycles. The second kappa shape index (κ2) is 9.76. The molecule has 0 atom stereocenters. The molecule has 0 fully saturated rings. The van der Waals surface area contributed by atoms with Crippen LogP contribution in [0.5, 0.6) is 5.75 Å². The summed E-state index contributed by atoms with van der Waals surface area (Å²) in [5.74, 6) is 0.0364. The third kappa shape index (κ3) is 5.60. The fourth-order valence-electron chi connectivity index (χ4n) is 3.51. The first kappa shape index (κ1) is 20.4. The molecule has 1 N–H and O–H groups in total. The van der Waals surface area contributed by atoms with Gasteiger partial charge in [-0.15, -0.1) is 0 Å². The Morgan fingerprint density at radius 3 is 2.35 bits per heavy atom. The lowest BCUT2D eigenvalue weighted by Gasteiger charge is -2.08. The summed E-state index contributed by atoms with van der Waals surface area (Å²) in [6.45, 7) is 1.21. The van der Waals surface area contributed by atoms with E-state index in [1.54, 1.807) is 12.4 Å². The number of pyridine rings is 1. The molecule has 2 aromatic carbocycles. The molecule has 0 saturated heterocycles. The predicted octanol–water partition coefficient (Wildman–Crippen LogP) is 5.19. The number of aliphatic carboxylic acids is 1. The smallest absolute Gasteiger partial charge is 0.303 e. The Bertz CT molecular complexity index is 1120. The molecular weight excluding hydrogens is 388 g/mol. The Kier molecular flexibility index (Phi) is 6.43. The van der Waals surface area contributed by atoms with Gasteiger partial charge in [-0.25, -0.2) is 0 Å². The van der Waals surface area contributed by atoms with E-state index in [4.69, 9.17) is 9.84 Å². The van der Waals surface area contributed by atoms with E-state index >= 15 is 0 Å². The third-order valence-corrected chi connectivity index (χ3v) is 5.10. The summed E-state index contributed by atoms with van der Waals surface area (Å²) in [6, 6.07) is 22.0. The van der Waals surface area contributed by atoms with Crippen molar-refractivity contribution in [3.8, 4) is 16.9 Å². The van der Waals surface area contributed by atoms with Crippen molar-refractivity contribution in [2.45, 2.75) is 26.0 Å². The predicted molar refractivity (Wildman–Crippen MR) is 120 cm³/mol. The molecule has 0 spiro atoms. The van der Waals surface area contributed by atoms with Crippen LogP contribution in [0, 0.1) is 0 Å². The quantitative estimate of drug-likeness (QED) is 0.411. The molecule has 5 nitrogen and oxygen atoms in total. The molecule has 5 heteroatoms. The molecule has 4 aromatic rings. The Hall–Kier alpha value is -3.86. The number of nitrogens with zero attached hydrogens (tertiary/aromatic N) is 2. The average Bonchev–Trinajstić information content (AvgIpc) is 3.21. The largest absolute Gasteiger partial charge is 0.489 e. The van der Waals surface area contributed by atoms with Crippen molar-refractivity contribution >= 4 is 5.97 Å². The van der Waals surface area contributed by atoms with Crippen molar-refractivity contribution in [2.24, 2.45) is 0 Å². The van der Waals surface area contributed by atoms with Crippen LogP contribution in [-0.4, -0.2) is 20.6 Å². The summed E-state index contributed by atoms with van der Waals surface area (Å²) < 4.78 is 7.96. The summed E-state index contributed by atoms with van der Waals surface area (Å²) in [7, 11) is 0. The van der Waals surface area contributed by atoms with E-state index in [2.05, 4.69) is 46.2 Å². The molecular formula is C26H24N2O3. The zero-order chi connectivity index (χ0) is 21.5. The van der Waals surface area contributed by atoms with E-state index in [0.29, 0.717) is 19.6 Å². The molecule has 0 amide bonds. The van der Waals surface area contributed by atoms with Crippen LogP contribution in [0.15, 0.2) is 91.5 Å². The number of carboxylic acids is 1. The van der Waals surface area contributed by atoms with E-state index in [-0.39, 0.29) is 6.42 Å². The normalized spacial score (nSPS) is 10.7. The minimum atomic E-state index is -0.783. The van der Waals surface area contributed by atoms with E-state index in [1.165, 1.54) is 0 Å². The fourth-order valence-corrected chi connectivity index (χ4v) is 3.51. The number of aryl methyl sites for hydroxylation is 1. The van der Waals surface area contributed by atoms with Crippen molar-refractivity contribution < 1.29 is 14.6 Å². The molecule has 0 unspecified atom stereocenters. The summed E-state index contributed by atoms with van der Waals surface area (Å²) in [5.41, 5.74) is 5.45. The zero-order valence-corrected chi connectivity index (χ0v) is 17.1. The molecule has 2 heterocycles. The molecule has 4 rings (SSSR count). The van der Waals surface area contributed by atoms with Gasteiger partial charge in [0.1, 0.15) is 12.4 Å².